The lowest BCUT2D eigenvalue weighted by Crippen LogP contribution is -2.32. The second-order valence-electron chi connectivity index (χ2n) is 5.83. The average Bonchev–Trinajstić information content (AvgIpc) is 2.93. The molecule has 0 N–H and O–H groups in total. The predicted octanol–water partition coefficient (Wildman–Crippen LogP) is 4.93. The van der Waals surface area contributed by atoms with Gasteiger partial charge in [-0.15, -0.1) is 6.42 Å². The zero-order chi connectivity index (χ0) is 20.3. The average molecular weight is 481 g/mol. The SMILES string of the molecule is C#CCOc1c(Br)cc(C[C@@H]2SC(=O)N(c3cccc(Cl)c3)C2=O)cc1OC. The number of terminal acetylenes is 1. The summed E-state index contributed by atoms with van der Waals surface area (Å²) >= 11 is 10.4. The Bertz CT molecular complexity index is 975. The number of amides is 2. The lowest BCUT2D eigenvalue weighted by Gasteiger charge is -2.15. The molecule has 1 saturated heterocycles. The molecule has 0 aromatic heterocycles. The number of halogens is 2. The Morgan fingerprint density at radius 1 is 1.32 bits per heavy atom. The fourth-order valence-corrected chi connectivity index (χ4v) is 4.61. The van der Waals surface area contributed by atoms with Crippen LogP contribution < -0.4 is 14.4 Å². The van der Waals surface area contributed by atoms with E-state index in [1.807, 2.05) is 6.07 Å². The van der Waals surface area contributed by atoms with Gasteiger partial charge in [0.05, 0.1) is 22.5 Å². The maximum absolute atomic E-state index is 12.8. The molecule has 1 aliphatic rings. The molecule has 0 saturated carbocycles. The van der Waals surface area contributed by atoms with Gasteiger partial charge in [-0.25, -0.2) is 4.90 Å². The second kappa shape index (κ2) is 8.91. The fraction of sp³-hybridized carbons (Fsp3) is 0.200. The Labute approximate surface area is 180 Å². The van der Waals surface area contributed by atoms with Crippen molar-refractivity contribution < 1.29 is 19.1 Å². The third kappa shape index (κ3) is 4.30. The molecule has 0 radical (unpaired) electrons. The van der Waals surface area contributed by atoms with Crippen LogP contribution in [0.2, 0.25) is 5.02 Å². The van der Waals surface area contributed by atoms with E-state index < -0.39 is 5.25 Å². The lowest BCUT2D eigenvalue weighted by atomic mass is 10.1. The first-order chi connectivity index (χ1) is 13.4. The maximum atomic E-state index is 12.8. The van der Waals surface area contributed by atoms with Crippen LogP contribution in [0, 0.1) is 12.3 Å². The molecule has 0 aliphatic carbocycles. The van der Waals surface area contributed by atoms with Crippen LogP contribution in [-0.2, 0) is 11.2 Å². The smallest absolute Gasteiger partial charge is 0.293 e. The van der Waals surface area contributed by atoms with E-state index >= 15 is 0 Å². The monoisotopic (exact) mass is 479 g/mol. The van der Waals surface area contributed by atoms with Gasteiger partial charge < -0.3 is 9.47 Å². The molecule has 2 amide bonds. The highest BCUT2D eigenvalue weighted by atomic mass is 79.9. The quantitative estimate of drug-likeness (QED) is 0.549. The zero-order valence-corrected chi connectivity index (χ0v) is 17.9. The first-order valence-electron chi connectivity index (χ1n) is 8.17. The molecule has 2 aromatic carbocycles. The van der Waals surface area contributed by atoms with Gasteiger partial charge in [-0.3, -0.25) is 9.59 Å². The van der Waals surface area contributed by atoms with Gasteiger partial charge in [0, 0.05) is 5.02 Å². The molecule has 0 spiro atoms. The Balaban J connectivity index is 1.82. The molecule has 0 unspecified atom stereocenters. The number of anilines is 1. The van der Waals surface area contributed by atoms with Crippen molar-refractivity contribution in [1.29, 1.82) is 0 Å². The molecular formula is C20H15BrClNO4S. The van der Waals surface area contributed by atoms with E-state index in [1.165, 1.54) is 7.11 Å². The minimum Gasteiger partial charge on any atom is -0.493 e. The van der Waals surface area contributed by atoms with E-state index in [4.69, 9.17) is 27.5 Å². The van der Waals surface area contributed by atoms with Gasteiger partial charge in [-0.2, -0.15) is 0 Å². The molecule has 28 heavy (non-hydrogen) atoms. The van der Waals surface area contributed by atoms with Crippen LogP contribution in [0.4, 0.5) is 10.5 Å². The molecular weight excluding hydrogens is 466 g/mol. The predicted molar refractivity (Wildman–Crippen MR) is 114 cm³/mol. The molecule has 0 bridgehead atoms. The van der Waals surface area contributed by atoms with E-state index in [1.54, 1.807) is 30.3 Å². The van der Waals surface area contributed by atoms with Crippen molar-refractivity contribution in [2.75, 3.05) is 18.6 Å². The van der Waals surface area contributed by atoms with E-state index in [0.29, 0.717) is 33.1 Å². The summed E-state index contributed by atoms with van der Waals surface area (Å²) in [6, 6.07) is 10.3. The van der Waals surface area contributed by atoms with Crippen molar-refractivity contribution in [2.24, 2.45) is 0 Å². The highest BCUT2D eigenvalue weighted by molar-refractivity contribution is 9.10. The Kier molecular flexibility index (Phi) is 6.55. The standard InChI is InChI=1S/C20H15BrClNO4S/c1-3-7-27-18-15(21)8-12(9-16(18)26-2)10-17-19(24)23(20(25)28-17)14-6-4-5-13(22)11-14/h1,4-6,8-9,11,17H,7,10H2,2H3/t17-/m0/s1. The highest BCUT2D eigenvalue weighted by Crippen LogP contribution is 2.39. The number of rotatable bonds is 6. The third-order valence-electron chi connectivity index (χ3n) is 4.00. The molecule has 1 aliphatic heterocycles. The number of nitrogens with zero attached hydrogens (tertiary/aromatic N) is 1. The number of hydrogen-bond acceptors (Lipinski definition) is 5. The summed E-state index contributed by atoms with van der Waals surface area (Å²) in [5.41, 5.74) is 1.29. The van der Waals surface area contributed by atoms with Gasteiger partial charge in [-0.05, 0) is 58.2 Å². The van der Waals surface area contributed by atoms with Crippen LogP contribution in [0.3, 0.4) is 0 Å². The number of imide groups is 1. The summed E-state index contributed by atoms with van der Waals surface area (Å²) in [6.45, 7) is 0.106. The number of hydrogen-bond donors (Lipinski definition) is 0. The Hall–Kier alpha value is -2.14. The summed E-state index contributed by atoms with van der Waals surface area (Å²) in [7, 11) is 1.52. The number of methoxy groups -OCH3 is 1. The molecule has 8 heteroatoms. The molecule has 1 heterocycles. The van der Waals surface area contributed by atoms with Crippen LogP contribution >= 0.6 is 39.3 Å². The van der Waals surface area contributed by atoms with Crippen molar-refractivity contribution in [2.45, 2.75) is 11.7 Å². The Morgan fingerprint density at radius 2 is 2.11 bits per heavy atom. The lowest BCUT2D eigenvalue weighted by molar-refractivity contribution is -0.117. The summed E-state index contributed by atoms with van der Waals surface area (Å²) < 4.78 is 11.5. The second-order valence-corrected chi connectivity index (χ2v) is 8.28. The van der Waals surface area contributed by atoms with Crippen LogP contribution in [0.5, 0.6) is 11.5 Å². The summed E-state index contributed by atoms with van der Waals surface area (Å²) in [5.74, 6) is 3.11. The topological polar surface area (TPSA) is 55.8 Å². The van der Waals surface area contributed by atoms with Crippen LogP contribution in [0.25, 0.3) is 0 Å². The van der Waals surface area contributed by atoms with Gasteiger partial charge >= 0.3 is 0 Å². The summed E-state index contributed by atoms with van der Waals surface area (Å²) in [6.07, 6.45) is 5.60. The van der Waals surface area contributed by atoms with Crippen LogP contribution in [0.15, 0.2) is 40.9 Å². The van der Waals surface area contributed by atoms with Crippen LogP contribution in [0.1, 0.15) is 5.56 Å². The summed E-state index contributed by atoms with van der Waals surface area (Å²) in [5, 5.41) is -0.402. The third-order valence-corrected chi connectivity index (χ3v) is 5.86. The van der Waals surface area contributed by atoms with Crippen molar-refractivity contribution >= 4 is 56.1 Å². The maximum Gasteiger partial charge on any atom is 0.293 e. The van der Waals surface area contributed by atoms with E-state index in [2.05, 4.69) is 21.9 Å². The van der Waals surface area contributed by atoms with Crippen molar-refractivity contribution in [3.05, 3.63) is 51.5 Å². The Morgan fingerprint density at radius 3 is 2.79 bits per heavy atom. The molecule has 3 rings (SSSR count). The van der Waals surface area contributed by atoms with Crippen LogP contribution in [-0.4, -0.2) is 30.1 Å². The number of ether oxygens (including phenoxy) is 2. The zero-order valence-electron chi connectivity index (χ0n) is 14.8. The summed E-state index contributed by atoms with van der Waals surface area (Å²) in [4.78, 5) is 26.4. The van der Waals surface area contributed by atoms with Gasteiger partial charge in [0.25, 0.3) is 5.24 Å². The number of carbonyl (C=O) groups is 2. The van der Waals surface area contributed by atoms with Crippen molar-refractivity contribution in [3.63, 3.8) is 0 Å². The molecule has 5 nitrogen and oxygen atoms in total. The first-order valence-corrected chi connectivity index (χ1v) is 10.2. The number of thioether (sulfide) groups is 1. The van der Waals surface area contributed by atoms with Crippen molar-refractivity contribution in [3.8, 4) is 23.8 Å². The van der Waals surface area contributed by atoms with Gasteiger partial charge in [-0.1, -0.05) is 35.3 Å². The normalized spacial score (nSPS) is 16.2. The number of carbonyl (C=O) groups excluding carboxylic acids is 2. The minimum atomic E-state index is -0.541. The fourth-order valence-electron chi connectivity index (χ4n) is 2.79. The van der Waals surface area contributed by atoms with Gasteiger partial charge in [0.15, 0.2) is 11.5 Å². The highest BCUT2D eigenvalue weighted by Gasteiger charge is 2.40. The molecule has 1 fully saturated rings. The minimum absolute atomic E-state index is 0.106. The number of benzene rings is 2. The first kappa shape index (κ1) is 20.6. The van der Waals surface area contributed by atoms with Gasteiger partial charge in [0.1, 0.15) is 6.61 Å². The van der Waals surface area contributed by atoms with Gasteiger partial charge in [0.2, 0.25) is 5.91 Å². The molecule has 144 valence electrons. The molecule has 2 aromatic rings. The molecule has 1 atom stereocenters. The van der Waals surface area contributed by atoms with E-state index in [9.17, 15) is 9.59 Å². The largest absolute Gasteiger partial charge is 0.493 e. The van der Waals surface area contributed by atoms with E-state index in [0.717, 1.165) is 22.2 Å². The van der Waals surface area contributed by atoms with E-state index in [-0.39, 0.29) is 17.8 Å². The van der Waals surface area contributed by atoms with Crippen molar-refractivity contribution in [1.82, 2.24) is 0 Å².